The maximum atomic E-state index is 13.6. The fraction of sp³-hybridized carbons (Fsp3) is 0.474. The van der Waals surface area contributed by atoms with E-state index in [9.17, 15) is 9.18 Å². The maximum absolute atomic E-state index is 13.6. The van der Waals surface area contributed by atoms with Crippen molar-refractivity contribution in [1.82, 2.24) is 9.78 Å². The molecule has 1 saturated heterocycles. The van der Waals surface area contributed by atoms with Crippen molar-refractivity contribution in [3.8, 4) is 0 Å². The average molecular weight is 410 g/mol. The second-order valence-corrected chi connectivity index (χ2v) is 9.31. The van der Waals surface area contributed by atoms with Crippen molar-refractivity contribution >= 4 is 34.2 Å². The van der Waals surface area contributed by atoms with Crippen molar-refractivity contribution in [1.29, 1.82) is 0 Å². The van der Waals surface area contributed by atoms with Crippen molar-refractivity contribution in [2.75, 3.05) is 6.61 Å². The number of halogens is 2. The molecule has 2 aliphatic heterocycles. The molecular weight excluding hydrogens is 389 g/mol. The Morgan fingerprint density at radius 1 is 1.44 bits per heavy atom. The number of aromatic amines is 1. The number of benzene rings is 1. The van der Waals surface area contributed by atoms with E-state index in [0.29, 0.717) is 18.0 Å². The molecule has 0 aliphatic carbocycles. The highest BCUT2D eigenvalue weighted by Gasteiger charge is 2.35. The van der Waals surface area contributed by atoms with E-state index in [4.69, 9.17) is 16.3 Å². The van der Waals surface area contributed by atoms with Gasteiger partial charge in [0.25, 0.3) is 5.56 Å². The van der Waals surface area contributed by atoms with Crippen LogP contribution in [0.5, 0.6) is 0 Å². The molecule has 4 rings (SSSR count). The second-order valence-electron chi connectivity index (χ2n) is 7.61. The van der Waals surface area contributed by atoms with Gasteiger partial charge in [-0.3, -0.25) is 14.6 Å². The minimum Gasteiger partial charge on any atom is -0.375 e. The normalized spacial score (nSPS) is 24.4. The van der Waals surface area contributed by atoms with Crippen LogP contribution in [-0.4, -0.2) is 27.0 Å². The number of rotatable bonds is 2. The summed E-state index contributed by atoms with van der Waals surface area (Å²) < 4.78 is 21.3. The summed E-state index contributed by atoms with van der Waals surface area (Å²) in [4.78, 5) is 17.5. The van der Waals surface area contributed by atoms with Crippen molar-refractivity contribution in [2.24, 2.45) is 4.99 Å². The molecular formula is C19H21ClFN3O2S. The number of aliphatic imine (C=N–C) groups is 1. The Kier molecular flexibility index (Phi) is 4.72. The zero-order valence-corrected chi connectivity index (χ0v) is 17.0. The van der Waals surface area contributed by atoms with E-state index in [0.717, 1.165) is 23.4 Å². The molecule has 27 heavy (non-hydrogen) atoms. The molecule has 0 bridgehead atoms. The number of nitrogens with one attached hydrogen (secondary N) is 1. The van der Waals surface area contributed by atoms with Crippen LogP contribution in [-0.2, 0) is 4.74 Å². The Labute approximate surface area is 165 Å². The van der Waals surface area contributed by atoms with Crippen LogP contribution in [0.2, 0.25) is 5.02 Å². The van der Waals surface area contributed by atoms with Crippen LogP contribution in [0.15, 0.2) is 28.0 Å². The van der Waals surface area contributed by atoms with Crippen LogP contribution < -0.4 is 5.56 Å². The SMILES string of the molecule is CC1=Nc2c(c(=O)[nH]n2[C@@H]2CCOC(C)(C)C2)[C@H](c2ccc(F)c(Cl)c2)S1. The Morgan fingerprint density at radius 3 is 2.93 bits per heavy atom. The highest BCUT2D eigenvalue weighted by atomic mass is 35.5. The van der Waals surface area contributed by atoms with E-state index in [1.165, 1.54) is 17.8 Å². The third-order valence-corrected chi connectivity index (χ3v) is 6.50. The number of thioether (sulfide) groups is 1. The van der Waals surface area contributed by atoms with Crippen LogP contribution in [0.4, 0.5) is 10.2 Å². The van der Waals surface area contributed by atoms with Crippen LogP contribution in [0.25, 0.3) is 0 Å². The number of hydrogen-bond donors (Lipinski definition) is 1. The van der Waals surface area contributed by atoms with Crippen molar-refractivity contribution in [3.05, 3.63) is 50.5 Å². The van der Waals surface area contributed by atoms with Crippen LogP contribution in [0.1, 0.15) is 56.0 Å². The van der Waals surface area contributed by atoms with Gasteiger partial charge in [0.2, 0.25) is 0 Å². The van der Waals surface area contributed by atoms with Gasteiger partial charge in [-0.2, -0.15) is 0 Å². The van der Waals surface area contributed by atoms with Gasteiger partial charge in [-0.25, -0.2) is 9.38 Å². The van der Waals surface area contributed by atoms with Crippen molar-refractivity contribution < 1.29 is 9.13 Å². The van der Waals surface area contributed by atoms with Gasteiger partial charge < -0.3 is 4.74 Å². The maximum Gasteiger partial charge on any atom is 0.271 e. The van der Waals surface area contributed by atoms with E-state index in [1.807, 2.05) is 11.6 Å². The molecule has 0 amide bonds. The summed E-state index contributed by atoms with van der Waals surface area (Å²) in [6.45, 7) is 6.67. The molecule has 144 valence electrons. The molecule has 2 aliphatic rings. The molecule has 2 aromatic rings. The highest BCUT2D eigenvalue weighted by molar-refractivity contribution is 8.14. The first-order valence-corrected chi connectivity index (χ1v) is 10.2. The number of nitrogens with zero attached hydrogens (tertiary/aromatic N) is 2. The zero-order chi connectivity index (χ0) is 19.3. The average Bonchev–Trinajstić information content (AvgIpc) is 2.92. The van der Waals surface area contributed by atoms with Crippen molar-refractivity contribution in [3.63, 3.8) is 0 Å². The summed E-state index contributed by atoms with van der Waals surface area (Å²) in [6.07, 6.45) is 1.61. The summed E-state index contributed by atoms with van der Waals surface area (Å²) >= 11 is 7.46. The first kappa shape index (κ1) is 18.8. The first-order chi connectivity index (χ1) is 12.7. The minimum absolute atomic E-state index is 0.0526. The lowest BCUT2D eigenvalue weighted by Gasteiger charge is -2.36. The van der Waals surface area contributed by atoms with Gasteiger partial charge in [0, 0.05) is 6.61 Å². The number of aromatic nitrogens is 2. The third kappa shape index (κ3) is 3.48. The first-order valence-electron chi connectivity index (χ1n) is 8.90. The van der Waals surface area contributed by atoms with E-state index in [-0.39, 0.29) is 27.5 Å². The molecule has 0 radical (unpaired) electrons. The van der Waals surface area contributed by atoms with Gasteiger partial charge in [0.15, 0.2) is 5.82 Å². The molecule has 1 fully saturated rings. The molecule has 0 spiro atoms. The molecule has 1 aromatic heterocycles. The van der Waals surface area contributed by atoms with Crippen molar-refractivity contribution in [2.45, 2.75) is 50.5 Å². The molecule has 3 heterocycles. The summed E-state index contributed by atoms with van der Waals surface area (Å²) in [7, 11) is 0. The highest BCUT2D eigenvalue weighted by Crippen LogP contribution is 2.45. The number of hydrogen-bond acceptors (Lipinski definition) is 4. The molecule has 0 saturated carbocycles. The minimum atomic E-state index is -0.470. The van der Waals surface area contributed by atoms with Gasteiger partial charge >= 0.3 is 0 Å². The molecule has 1 N–H and O–H groups in total. The van der Waals surface area contributed by atoms with Crippen LogP contribution in [0.3, 0.4) is 0 Å². The van der Waals surface area contributed by atoms with Gasteiger partial charge in [0.1, 0.15) is 5.82 Å². The monoisotopic (exact) mass is 409 g/mol. The largest absolute Gasteiger partial charge is 0.375 e. The Bertz CT molecular complexity index is 982. The Balaban J connectivity index is 1.80. The molecule has 0 unspecified atom stereocenters. The van der Waals surface area contributed by atoms with E-state index in [2.05, 4.69) is 23.9 Å². The van der Waals surface area contributed by atoms with E-state index < -0.39 is 5.82 Å². The lowest BCUT2D eigenvalue weighted by molar-refractivity contribution is -0.0705. The van der Waals surface area contributed by atoms with Crippen LogP contribution >= 0.6 is 23.4 Å². The predicted octanol–water partition coefficient (Wildman–Crippen LogP) is 4.99. The lowest BCUT2D eigenvalue weighted by Crippen LogP contribution is -2.35. The van der Waals surface area contributed by atoms with Gasteiger partial charge in [0.05, 0.1) is 32.5 Å². The van der Waals surface area contributed by atoms with Gasteiger partial charge in [-0.1, -0.05) is 29.4 Å². The fourth-order valence-corrected chi connectivity index (χ4v) is 5.09. The smallest absolute Gasteiger partial charge is 0.271 e. The summed E-state index contributed by atoms with van der Waals surface area (Å²) in [5.74, 6) is 0.187. The second kappa shape index (κ2) is 6.79. The van der Waals surface area contributed by atoms with Crippen LogP contribution in [0, 0.1) is 5.82 Å². The lowest BCUT2D eigenvalue weighted by atomic mass is 9.94. The van der Waals surface area contributed by atoms with E-state index >= 15 is 0 Å². The molecule has 5 nitrogen and oxygen atoms in total. The topological polar surface area (TPSA) is 59.4 Å². The predicted molar refractivity (Wildman–Crippen MR) is 107 cm³/mol. The zero-order valence-electron chi connectivity index (χ0n) is 15.4. The number of fused-ring (bicyclic) bond motifs is 1. The molecule has 8 heteroatoms. The Hall–Kier alpha value is -1.57. The van der Waals surface area contributed by atoms with Gasteiger partial charge in [-0.15, -0.1) is 0 Å². The fourth-order valence-electron chi connectivity index (χ4n) is 3.80. The Morgan fingerprint density at radius 2 is 2.22 bits per heavy atom. The summed E-state index contributed by atoms with van der Waals surface area (Å²) in [6, 6.07) is 4.72. The quantitative estimate of drug-likeness (QED) is 0.760. The summed E-state index contributed by atoms with van der Waals surface area (Å²) in [5, 5.41) is 3.62. The molecule has 1 aromatic carbocycles. The standard InChI is InChI=1S/C19H21ClFN3O2S/c1-10-22-17-15(16(27-10)11-4-5-14(21)13(20)8-11)18(25)23-24(17)12-6-7-26-19(2,3)9-12/h4-5,8,12,16H,6-7,9H2,1-3H3,(H,23,25)/t12-,16+/m1/s1. The number of H-pyrrole nitrogens is 1. The molecule has 2 atom stereocenters. The third-order valence-electron chi connectivity index (χ3n) is 5.03. The van der Waals surface area contributed by atoms with Gasteiger partial charge in [-0.05, 0) is 51.3 Å². The number of ether oxygens (including phenoxy) is 1. The van der Waals surface area contributed by atoms with E-state index in [1.54, 1.807) is 12.1 Å². The summed E-state index contributed by atoms with van der Waals surface area (Å²) in [5.41, 5.74) is 0.974.